The molecule has 1 heterocycles. The molecule has 1 saturated heterocycles. The molecule has 3 nitrogen and oxygen atoms in total. The molecule has 0 radical (unpaired) electrons. The number of fused-ring (bicyclic) bond motifs is 4. The van der Waals surface area contributed by atoms with Crippen LogP contribution >= 0.6 is 11.8 Å². The van der Waals surface area contributed by atoms with E-state index >= 15 is 0 Å². The molecular weight excluding hydrogens is 416 g/mol. The Morgan fingerprint density at radius 1 is 1.25 bits per heavy atom. The van der Waals surface area contributed by atoms with Crippen LogP contribution in [0.3, 0.4) is 0 Å². The molecule has 32 heavy (non-hydrogen) atoms. The number of ether oxygens (including phenoxy) is 1. The molecule has 5 atom stereocenters. The van der Waals surface area contributed by atoms with Crippen molar-refractivity contribution in [1.29, 1.82) is 0 Å². The lowest BCUT2D eigenvalue weighted by Gasteiger charge is -2.53. The van der Waals surface area contributed by atoms with E-state index in [1.807, 2.05) is 6.92 Å². The number of benzene rings is 1. The Hall–Kier alpha value is -1.62. The summed E-state index contributed by atoms with van der Waals surface area (Å²) in [5.74, 6) is 0.738. The van der Waals surface area contributed by atoms with Gasteiger partial charge in [-0.2, -0.15) is 0 Å². The number of Topliss-reactive ketones (excluding diaryl/α,β-unsaturated/α-hetero) is 1. The summed E-state index contributed by atoms with van der Waals surface area (Å²) in [4.78, 5) is 14.9. The standard InChI is InChI=1S/C28H34O3S/c1-17(2)28(30)13-12-18-6-5-7-22(18)25-23(29)14-20-15-24(31-16-27(20,3)26(25)28)19-8-10-21(32-4)11-9-19/h7-11,18,20,24,30H,1,5-6,12-16H2,2-4H3. The lowest BCUT2D eigenvalue weighted by atomic mass is 9.56. The summed E-state index contributed by atoms with van der Waals surface area (Å²) >= 11 is 1.73. The summed E-state index contributed by atoms with van der Waals surface area (Å²) in [6.45, 7) is 8.84. The fourth-order valence-corrected chi connectivity index (χ4v) is 7.06. The number of aliphatic hydroxyl groups is 1. The predicted octanol–water partition coefficient (Wildman–Crippen LogP) is 6.20. The van der Waals surface area contributed by atoms with E-state index in [9.17, 15) is 9.90 Å². The van der Waals surface area contributed by atoms with Crippen molar-refractivity contribution in [2.45, 2.75) is 69.0 Å². The molecule has 170 valence electrons. The van der Waals surface area contributed by atoms with Gasteiger partial charge in [0.1, 0.15) is 5.60 Å². The van der Waals surface area contributed by atoms with E-state index in [-0.39, 0.29) is 23.2 Å². The van der Waals surface area contributed by atoms with Gasteiger partial charge in [-0.25, -0.2) is 0 Å². The van der Waals surface area contributed by atoms with Gasteiger partial charge in [-0.15, -0.1) is 11.8 Å². The normalized spacial score (nSPS) is 36.7. The van der Waals surface area contributed by atoms with E-state index in [2.05, 4.69) is 50.1 Å². The van der Waals surface area contributed by atoms with Gasteiger partial charge in [0.15, 0.2) is 5.78 Å². The van der Waals surface area contributed by atoms with E-state index in [0.717, 1.165) is 42.4 Å². The Kier molecular flexibility index (Phi) is 5.55. The maximum absolute atomic E-state index is 13.7. The number of rotatable bonds is 3. The zero-order chi connectivity index (χ0) is 22.7. The summed E-state index contributed by atoms with van der Waals surface area (Å²) in [5.41, 5.74) is 3.33. The van der Waals surface area contributed by atoms with Crippen LogP contribution in [0.15, 0.2) is 64.1 Å². The molecule has 1 fully saturated rings. The molecule has 1 N–H and O–H groups in total. The van der Waals surface area contributed by atoms with Crippen LogP contribution in [0.1, 0.15) is 64.0 Å². The van der Waals surface area contributed by atoms with Gasteiger partial charge in [-0.05, 0) is 91.5 Å². The van der Waals surface area contributed by atoms with E-state index < -0.39 is 5.60 Å². The lowest BCUT2D eigenvalue weighted by Crippen LogP contribution is -2.52. The van der Waals surface area contributed by atoms with Gasteiger partial charge in [-0.1, -0.05) is 31.7 Å². The van der Waals surface area contributed by atoms with Gasteiger partial charge in [0.05, 0.1) is 12.7 Å². The predicted molar refractivity (Wildman–Crippen MR) is 130 cm³/mol. The van der Waals surface area contributed by atoms with E-state index in [1.54, 1.807) is 11.8 Å². The van der Waals surface area contributed by atoms with E-state index in [0.29, 0.717) is 25.4 Å². The third-order valence-electron chi connectivity index (χ3n) is 8.59. The Morgan fingerprint density at radius 3 is 2.69 bits per heavy atom. The molecule has 1 aromatic carbocycles. The minimum atomic E-state index is -1.14. The SMILES string of the molecule is C=C(C)C1(O)CCC2CCC=C2C2=C1C1(C)COC(c3ccc(SC)cc3)CC1CC2=O. The molecule has 0 amide bonds. The second kappa shape index (κ2) is 8.00. The Labute approximate surface area is 196 Å². The van der Waals surface area contributed by atoms with Crippen LogP contribution in [-0.2, 0) is 9.53 Å². The second-order valence-electron chi connectivity index (χ2n) is 10.4. The molecular formula is C28H34O3S. The number of carbonyl (C=O) groups excluding carboxylic acids is 1. The number of allylic oxidation sites excluding steroid dienone is 3. The van der Waals surface area contributed by atoms with Crippen molar-refractivity contribution in [2.24, 2.45) is 17.3 Å². The number of ketones is 1. The third kappa shape index (κ3) is 3.29. The van der Waals surface area contributed by atoms with Crippen molar-refractivity contribution in [3.8, 4) is 0 Å². The van der Waals surface area contributed by atoms with Crippen LogP contribution in [0, 0.1) is 17.3 Å². The molecule has 0 saturated carbocycles. The molecule has 5 unspecified atom stereocenters. The molecule has 1 aliphatic heterocycles. The quantitative estimate of drug-likeness (QED) is 0.440. The van der Waals surface area contributed by atoms with Crippen molar-refractivity contribution in [3.63, 3.8) is 0 Å². The third-order valence-corrected chi connectivity index (χ3v) is 9.33. The summed E-state index contributed by atoms with van der Waals surface area (Å²) in [6.07, 6.45) is 9.31. The van der Waals surface area contributed by atoms with Gasteiger partial charge < -0.3 is 9.84 Å². The minimum absolute atomic E-state index is 0.0129. The number of carbonyl (C=O) groups is 1. The first kappa shape index (κ1) is 22.2. The summed E-state index contributed by atoms with van der Waals surface area (Å²) in [6, 6.07) is 8.58. The summed E-state index contributed by atoms with van der Waals surface area (Å²) < 4.78 is 6.51. The van der Waals surface area contributed by atoms with Crippen molar-refractivity contribution in [3.05, 3.63) is 64.8 Å². The van der Waals surface area contributed by atoms with Gasteiger partial charge in [0.2, 0.25) is 0 Å². The largest absolute Gasteiger partial charge is 0.381 e. The van der Waals surface area contributed by atoms with E-state index in [1.165, 1.54) is 16.0 Å². The number of hydrogen-bond donors (Lipinski definition) is 1. The number of thioether (sulfide) groups is 1. The van der Waals surface area contributed by atoms with Crippen LogP contribution in [0.25, 0.3) is 0 Å². The van der Waals surface area contributed by atoms with Gasteiger partial charge in [0, 0.05) is 22.3 Å². The van der Waals surface area contributed by atoms with E-state index in [4.69, 9.17) is 4.74 Å². The highest BCUT2D eigenvalue weighted by atomic mass is 32.2. The first-order chi connectivity index (χ1) is 15.3. The monoisotopic (exact) mass is 450 g/mol. The minimum Gasteiger partial charge on any atom is -0.381 e. The van der Waals surface area contributed by atoms with Crippen LogP contribution in [-0.4, -0.2) is 29.4 Å². The van der Waals surface area contributed by atoms with Crippen LogP contribution in [0.5, 0.6) is 0 Å². The molecule has 0 aromatic heterocycles. The van der Waals surface area contributed by atoms with Crippen molar-refractivity contribution in [1.82, 2.24) is 0 Å². The van der Waals surface area contributed by atoms with Crippen LogP contribution in [0.4, 0.5) is 0 Å². The zero-order valence-electron chi connectivity index (χ0n) is 19.4. The van der Waals surface area contributed by atoms with Crippen molar-refractivity contribution < 1.29 is 14.6 Å². The molecule has 4 heteroatoms. The molecule has 0 bridgehead atoms. The molecule has 5 rings (SSSR count). The van der Waals surface area contributed by atoms with Crippen molar-refractivity contribution >= 4 is 17.5 Å². The molecule has 1 aromatic rings. The highest BCUT2D eigenvalue weighted by Gasteiger charge is 2.57. The topological polar surface area (TPSA) is 46.5 Å². The Morgan fingerprint density at radius 2 is 2.00 bits per heavy atom. The van der Waals surface area contributed by atoms with Gasteiger partial charge in [0.25, 0.3) is 0 Å². The second-order valence-corrected chi connectivity index (χ2v) is 11.3. The molecule has 0 spiro atoms. The highest BCUT2D eigenvalue weighted by Crippen LogP contribution is 2.60. The van der Waals surface area contributed by atoms with Crippen molar-refractivity contribution in [2.75, 3.05) is 12.9 Å². The first-order valence-corrected chi connectivity index (χ1v) is 13.1. The lowest BCUT2D eigenvalue weighted by molar-refractivity contribution is -0.128. The fourth-order valence-electron chi connectivity index (χ4n) is 6.65. The van der Waals surface area contributed by atoms with Gasteiger partial charge >= 0.3 is 0 Å². The Bertz CT molecular complexity index is 1020. The average Bonchev–Trinajstić information content (AvgIpc) is 3.20. The first-order valence-electron chi connectivity index (χ1n) is 11.9. The molecule has 4 aliphatic rings. The summed E-state index contributed by atoms with van der Waals surface area (Å²) in [7, 11) is 0. The van der Waals surface area contributed by atoms with Crippen LogP contribution < -0.4 is 0 Å². The maximum Gasteiger partial charge on any atom is 0.163 e. The summed E-state index contributed by atoms with van der Waals surface area (Å²) in [5, 5.41) is 12.0. The average molecular weight is 451 g/mol. The smallest absolute Gasteiger partial charge is 0.163 e. The highest BCUT2D eigenvalue weighted by molar-refractivity contribution is 7.98. The zero-order valence-corrected chi connectivity index (χ0v) is 20.3. The Balaban J connectivity index is 1.57. The van der Waals surface area contributed by atoms with Gasteiger partial charge in [-0.3, -0.25) is 4.79 Å². The number of hydrogen-bond acceptors (Lipinski definition) is 4. The fraction of sp³-hybridized carbons (Fsp3) is 0.536. The van der Waals surface area contributed by atoms with Crippen LogP contribution in [0.2, 0.25) is 0 Å². The molecule has 3 aliphatic carbocycles. The maximum atomic E-state index is 13.7.